The highest BCUT2D eigenvalue weighted by Crippen LogP contribution is 2.31. The van der Waals surface area contributed by atoms with E-state index in [9.17, 15) is 13.2 Å². The summed E-state index contributed by atoms with van der Waals surface area (Å²) in [5, 5.41) is 3.36. The highest BCUT2D eigenvalue weighted by molar-refractivity contribution is 9.10. The second kappa shape index (κ2) is 5.38. The first-order chi connectivity index (χ1) is 8.86. The standard InChI is InChI=1S/C12H7BrClF3N2/c13-10-5-8(14)6-18-11(10)19-9-3-1-7(2-4-9)12(15,16)17/h1-6H,(H,18,19). The number of nitrogens with one attached hydrogen (secondary N) is 1. The monoisotopic (exact) mass is 350 g/mol. The molecule has 0 radical (unpaired) electrons. The smallest absolute Gasteiger partial charge is 0.339 e. The Kier molecular flexibility index (Phi) is 4.01. The molecule has 0 aliphatic rings. The molecular weight excluding hydrogens is 344 g/mol. The SMILES string of the molecule is FC(F)(F)c1ccc(Nc2ncc(Cl)cc2Br)cc1. The molecule has 0 atom stereocenters. The van der Waals surface area contributed by atoms with Crippen molar-refractivity contribution in [1.82, 2.24) is 4.98 Å². The van der Waals surface area contributed by atoms with Crippen LogP contribution >= 0.6 is 27.5 Å². The number of aromatic nitrogens is 1. The minimum atomic E-state index is -4.34. The average molecular weight is 352 g/mol. The van der Waals surface area contributed by atoms with E-state index in [2.05, 4.69) is 26.2 Å². The molecule has 0 spiro atoms. The Morgan fingerprint density at radius 1 is 1.16 bits per heavy atom. The number of benzene rings is 1. The molecule has 1 N–H and O–H groups in total. The minimum Gasteiger partial charge on any atom is -0.339 e. The van der Waals surface area contributed by atoms with E-state index < -0.39 is 11.7 Å². The summed E-state index contributed by atoms with van der Waals surface area (Å²) in [6.07, 6.45) is -2.89. The molecule has 1 heterocycles. The van der Waals surface area contributed by atoms with Crippen LogP contribution < -0.4 is 5.32 Å². The van der Waals surface area contributed by atoms with Gasteiger partial charge in [-0.15, -0.1) is 0 Å². The first-order valence-electron chi connectivity index (χ1n) is 5.11. The molecule has 0 fully saturated rings. The minimum absolute atomic E-state index is 0.463. The molecule has 7 heteroatoms. The normalized spacial score (nSPS) is 11.4. The molecule has 0 unspecified atom stereocenters. The lowest BCUT2D eigenvalue weighted by Crippen LogP contribution is -2.04. The van der Waals surface area contributed by atoms with E-state index in [1.54, 1.807) is 6.07 Å². The van der Waals surface area contributed by atoms with E-state index in [0.717, 1.165) is 12.1 Å². The maximum atomic E-state index is 12.4. The van der Waals surface area contributed by atoms with Gasteiger partial charge >= 0.3 is 6.18 Å². The number of pyridine rings is 1. The van der Waals surface area contributed by atoms with Crippen molar-refractivity contribution in [2.45, 2.75) is 6.18 Å². The van der Waals surface area contributed by atoms with Gasteiger partial charge in [0.15, 0.2) is 0 Å². The summed E-state index contributed by atoms with van der Waals surface area (Å²) < 4.78 is 37.8. The fourth-order valence-electron chi connectivity index (χ4n) is 1.39. The van der Waals surface area contributed by atoms with Crippen molar-refractivity contribution in [3.8, 4) is 0 Å². The second-order valence-electron chi connectivity index (χ2n) is 3.68. The fourth-order valence-corrected chi connectivity index (χ4v) is 2.12. The van der Waals surface area contributed by atoms with Gasteiger partial charge in [-0.25, -0.2) is 4.98 Å². The van der Waals surface area contributed by atoms with Crippen LogP contribution in [-0.4, -0.2) is 4.98 Å². The Morgan fingerprint density at radius 3 is 2.32 bits per heavy atom. The van der Waals surface area contributed by atoms with Gasteiger partial charge in [0.1, 0.15) is 5.82 Å². The molecule has 1 aromatic carbocycles. The first kappa shape index (κ1) is 14.1. The fraction of sp³-hybridized carbons (Fsp3) is 0.0833. The number of halogens is 5. The molecule has 0 saturated carbocycles. The summed E-state index contributed by atoms with van der Waals surface area (Å²) in [6, 6.07) is 6.33. The zero-order chi connectivity index (χ0) is 14.0. The summed E-state index contributed by atoms with van der Waals surface area (Å²) in [4.78, 5) is 4.03. The summed E-state index contributed by atoms with van der Waals surface area (Å²) in [6.45, 7) is 0. The Bertz CT molecular complexity index is 585. The van der Waals surface area contributed by atoms with Crippen LogP contribution in [0.2, 0.25) is 5.02 Å². The van der Waals surface area contributed by atoms with Gasteiger partial charge < -0.3 is 5.32 Å². The maximum absolute atomic E-state index is 12.4. The third-order valence-electron chi connectivity index (χ3n) is 2.28. The Hall–Kier alpha value is -1.27. The zero-order valence-electron chi connectivity index (χ0n) is 9.30. The van der Waals surface area contributed by atoms with E-state index in [1.165, 1.54) is 18.3 Å². The van der Waals surface area contributed by atoms with Crippen molar-refractivity contribution in [2.75, 3.05) is 5.32 Å². The van der Waals surface area contributed by atoms with Gasteiger partial charge in [-0.1, -0.05) is 11.6 Å². The third-order valence-corrected chi connectivity index (χ3v) is 3.09. The Balaban J connectivity index is 2.20. The summed E-state index contributed by atoms with van der Waals surface area (Å²) in [5.74, 6) is 0.476. The van der Waals surface area contributed by atoms with E-state index in [0.29, 0.717) is 21.0 Å². The van der Waals surface area contributed by atoms with Gasteiger partial charge in [0.05, 0.1) is 15.1 Å². The number of hydrogen-bond donors (Lipinski definition) is 1. The molecule has 0 saturated heterocycles. The van der Waals surface area contributed by atoms with Crippen molar-refractivity contribution < 1.29 is 13.2 Å². The highest BCUT2D eigenvalue weighted by atomic mass is 79.9. The van der Waals surface area contributed by atoms with Gasteiger partial charge in [0.25, 0.3) is 0 Å². The van der Waals surface area contributed by atoms with E-state index >= 15 is 0 Å². The van der Waals surface area contributed by atoms with Gasteiger partial charge in [-0.2, -0.15) is 13.2 Å². The van der Waals surface area contributed by atoms with Gasteiger partial charge in [0, 0.05) is 11.9 Å². The number of nitrogens with zero attached hydrogens (tertiary/aromatic N) is 1. The Morgan fingerprint density at radius 2 is 1.79 bits per heavy atom. The highest BCUT2D eigenvalue weighted by Gasteiger charge is 2.29. The number of hydrogen-bond acceptors (Lipinski definition) is 2. The molecule has 0 bridgehead atoms. The average Bonchev–Trinajstić information content (AvgIpc) is 2.32. The molecule has 19 heavy (non-hydrogen) atoms. The quantitative estimate of drug-likeness (QED) is 0.798. The summed E-state index contributed by atoms with van der Waals surface area (Å²) >= 11 is 9.01. The molecule has 0 amide bonds. The Labute approximate surface area is 120 Å². The second-order valence-corrected chi connectivity index (χ2v) is 4.97. The van der Waals surface area contributed by atoms with E-state index in [1.807, 2.05) is 0 Å². The van der Waals surface area contributed by atoms with Crippen molar-refractivity contribution in [3.63, 3.8) is 0 Å². The van der Waals surface area contributed by atoms with Crippen LogP contribution in [0.5, 0.6) is 0 Å². The van der Waals surface area contributed by atoms with Crippen molar-refractivity contribution in [2.24, 2.45) is 0 Å². The molecular formula is C12H7BrClF3N2. The maximum Gasteiger partial charge on any atom is 0.416 e. The van der Waals surface area contributed by atoms with E-state index in [4.69, 9.17) is 11.6 Å². The van der Waals surface area contributed by atoms with Crippen molar-refractivity contribution in [3.05, 3.63) is 51.6 Å². The molecule has 0 aliphatic carbocycles. The number of anilines is 2. The molecule has 2 aromatic rings. The predicted molar refractivity (Wildman–Crippen MR) is 71.7 cm³/mol. The van der Waals surface area contributed by atoms with Crippen LogP contribution in [0.25, 0.3) is 0 Å². The van der Waals surface area contributed by atoms with Crippen molar-refractivity contribution >= 4 is 39.0 Å². The summed E-state index contributed by atoms with van der Waals surface area (Å²) in [5.41, 5.74) is -0.190. The molecule has 2 rings (SSSR count). The van der Waals surface area contributed by atoms with Crippen molar-refractivity contribution in [1.29, 1.82) is 0 Å². The van der Waals surface area contributed by atoms with Crippen LogP contribution in [0, 0.1) is 0 Å². The van der Waals surface area contributed by atoms with Crippen LogP contribution in [0.1, 0.15) is 5.56 Å². The lowest BCUT2D eigenvalue weighted by Gasteiger charge is -2.10. The molecule has 100 valence electrons. The van der Waals surface area contributed by atoms with Gasteiger partial charge in [-0.3, -0.25) is 0 Å². The van der Waals surface area contributed by atoms with Crippen LogP contribution in [-0.2, 0) is 6.18 Å². The predicted octanol–water partition coefficient (Wildman–Crippen LogP) is 5.26. The lowest BCUT2D eigenvalue weighted by molar-refractivity contribution is -0.137. The van der Waals surface area contributed by atoms with Gasteiger partial charge in [-0.05, 0) is 46.3 Å². The zero-order valence-corrected chi connectivity index (χ0v) is 11.6. The topological polar surface area (TPSA) is 24.9 Å². The first-order valence-corrected chi connectivity index (χ1v) is 6.29. The van der Waals surface area contributed by atoms with E-state index in [-0.39, 0.29) is 0 Å². The number of alkyl halides is 3. The van der Waals surface area contributed by atoms with Crippen LogP contribution in [0.4, 0.5) is 24.7 Å². The lowest BCUT2D eigenvalue weighted by atomic mass is 10.2. The third kappa shape index (κ3) is 3.61. The number of rotatable bonds is 2. The van der Waals surface area contributed by atoms with Crippen LogP contribution in [0.15, 0.2) is 41.0 Å². The van der Waals surface area contributed by atoms with Crippen LogP contribution in [0.3, 0.4) is 0 Å². The molecule has 1 aromatic heterocycles. The summed E-state index contributed by atoms with van der Waals surface area (Å²) in [7, 11) is 0. The molecule has 0 aliphatic heterocycles. The molecule has 2 nitrogen and oxygen atoms in total. The van der Waals surface area contributed by atoms with Gasteiger partial charge in [0.2, 0.25) is 0 Å². The largest absolute Gasteiger partial charge is 0.416 e.